The zero-order chi connectivity index (χ0) is 11.4. The molecule has 1 saturated heterocycles. The van der Waals surface area contributed by atoms with Gasteiger partial charge in [-0.15, -0.1) is 0 Å². The van der Waals surface area contributed by atoms with E-state index in [4.69, 9.17) is 9.84 Å². The average Bonchev–Trinajstić information content (AvgIpc) is 2.33. The molecule has 0 spiro atoms. The van der Waals surface area contributed by atoms with Gasteiger partial charge in [0.15, 0.2) is 0 Å². The van der Waals surface area contributed by atoms with Crippen molar-refractivity contribution >= 4 is 6.09 Å². The molecule has 1 aromatic carbocycles. The van der Waals surface area contributed by atoms with E-state index in [9.17, 15) is 4.79 Å². The van der Waals surface area contributed by atoms with E-state index in [0.717, 1.165) is 5.56 Å². The van der Waals surface area contributed by atoms with Gasteiger partial charge in [0.1, 0.15) is 0 Å². The Morgan fingerprint density at radius 3 is 2.81 bits per heavy atom. The van der Waals surface area contributed by atoms with E-state index in [2.05, 4.69) is 0 Å². The molecule has 1 aliphatic heterocycles. The summed E-state index contributed by atoms with van der Waals surface area (Å²) in [5.41, 5.74) is 1.07. The second-order valence-electron chi connectivity index (χ2n) is 3.99. The van der Waals surface area contributed by atoms with Crippen molar-refractivity contribution in [1.29, 1.82) is 0 Å². The van der Waals surface area contributed by atoms with Gasteiger partial charge in [0.25, 0.3) is 0 Å². The molecule has 1 fully saturated rings. The lowest BCUT2D eigenvalue weighted by Crippen LogP contribution is -2.43. The lowest BCUT2D eigenvalue weighted by Gasteiger charge is -2.31. The van der Waals surface area contributed by atoms with Gasteiger partial charge in [-0.3, -0.25) is 0 Å². The molecule has 4 heteroatoms. The van der Waals surface area contributed by atoms with Gasteiger partial charge in [-0.1, -0.05) is 30.3 Å². The fourth-order valence-corrected chi connectivity index (χ4v) is 1.76. The summed E-state index contributed by atoms with van der Waals surface area (Å²) in [4.78, 5) is 13.1. The first-order valence-corrected chi connectivity index (χ1v) is 5.36. The fraction of sp³-hybridized carbons (Fsp3) is 0.417. The van der Waals surface area contributed by atoms with Crippen molar-refractivity contribution in [1.82, 2.24) is 4.90 Å². The smallest absolute Gasteiger partial charge is 0.410 e. The van der Waals surface area contributed by atoms with Crippen molar-refractivity contribution in [3.63, 3.8) is 0 Å². The standard InChI is InChI=1S/C12H15NO3/c14-8-11-7-13(12(15)16-9-11)6-10-4-2-1-3-5-10/h1-5,11,14H,6-9H2. The number of cyclic esters (lactones) is 1. The number of carbonyl (C=O) groups is 1. The molecular weight excluding hydrogens is 206 g/mol. The molecule has 1 aliphatic rings. The summed E-state index contributed by atoms with van der Waals surface area (Å²) in [6.45, 7) is 1.47. The molecule has 2 rings (SSSR count). The van der Waals surface area contributed by atoms with Crippen molar-refractivity contribution in [3.8, 4) is 0 Å². The Morgan fingerprint density at radius 2 is 2.12 bits per heavy atom. The Kier molecular flexibility index (Phi) is 3.41. The quantitative estimate of drug-likeness (QED) is 0.835. The average molecular weight is 221 g/mol. The Balaban J connectivity index is 2.00. The third kappa shape index (κ3) is 2.52. The second kappa shape index (κ2) is 4.99. The van der Waals surface area contributed by atoms with Gasteiger partial charge in [-0.05, 0) is 5.56 Å². The van der Waals surface area contributed by atoms with E-state index >= 15 is 0 Å². The van der Waals surface area contributed by atoms with Crippen LogP contribution in [0.25, 0.3) is 0 Å². The SMILES string of the molecule is O=C1OCC(CO)CN1Cc1ccccc1. The van der Waals surface area contributed by atoms with Crippen molar-refractivity contribution in [2.24, 2.45) is 5.92 Å². The molecule has 86 valence electrons. The number of hydrogen-bond acceptors (Lipinski definition) is 3. The van der Waals surface area contributed by atoms with Crippen molar-refractivity contribution in [2.45, 2.75) is 6.54 Å². The van der Waals surface area contributed by atoms with Crippen LogP contribution in [0.2, 0.25) is 0 Å². The molecular formula is C12H15NO3. The summed E-state index contributed by atoms with van der Waals surface area (Å²) in [6, 6.07) is 9.75. The van der Waals surface area contributed by atoms with Crippen molar-refractivity contribution in [2.75, 3.05) is 19.8 Å². The number of aliphatic hydroxyl groups is 1. The summed E-state index contributed by atoms with van der Waals surface area (Å²) in [5, 5.41) is 9.04. The Bertz CT molecular complexity index is 353. The summed E-state index contributed by atoms with van der Waals surface area (Å²) in [7, 11) is 0. The molecule has 1 amide bonds. The topological polar surface area (TPSA) is 49.8 Å². The number of carbonyl (C=O) groups excluding carboxylic acids is 1. The fourth-order valence-electron chi connectivity index (χ4n) is 1.76. The number of benzene rings is 1. The molecule has 16 heavy (non-hydrogen) atoms. The van der Waals surface area contributed by atoms with Crippen LogP contribution < -0.4 is 0 Å². The maximum Gasteiger partial charge on any atom is 0.410 e. The van der Waals surface area contributed by atoms with Crippen LogP contribution in [0.3, 0.4) is 0 Å². The predicted molar refractivity (Wildman–Crippen MR) is 58.8 cm³/mol. The molecule has 0 saturated carbocycles. The van der Waals surface area contributed by atoms with E-state index in [1.54, 1.807) is 4.90 Å². The number of rotatable bonds is 3. The van der Waals surface area contributed by atoms with Gasteiger partial charge in [0, 0.05) is 19.0 Å². The van der Waals surface area contributed by atoms with Crippen LogP contribution in [-0.2, 0) is 11.3 Å². The van der Waals surface area contributed by atoms with Crippen LogP contribution in [0.5, 0.6) is 0 Å². The highest BCUT2D eigenvalue weighted by atomic mass is 16.6. The Labute approximate surface area is 94.4 Å². The molecule has 0 aliphatic carbocycles. The summed E-state index contributed by atoms with van der Waals surface area (Å²) in [6.07, 6.45) is -0.298. The Morgan fingerprint density at radius 1 is 1.38 bits per heavy atom. The molecule has 1 atom stereocenters. The summed E-state index contributed by atoms with van der Waals surface area (Å²) < 4.78 is 4.99. The van der Waals surface area contributed by atoms with Crippen LogP contribution in [0.4, 0.5) is 4.79 Å². The van der Waals surface area contributed by atoms with Crippen LogP contribution in [0, 0.1) is 5.92 Å². The van der Waals surface area contributed by atoms with Gasteiger partial charge >= 0.3 is 6.09 Å². The number of aliphatic hydroxyl groups excluding tert-OH is 1. The first kappa shape index (κ1) is 11.0. The molecule has 1 unspecified atom stereocenters. The zero-order valence-corrected chi connectivity index (χ0v) is 9.00. The second-order valence-corrected chi connectivity index (χ2v) is 3.99. The van der Waals surface area contributed by atoms with Gasteiger partial charge in [-0.25, -0.2) is 4.79 Å². The van der Waals surface area contributed by atoms with Gasteiger partial charge in [0.2, 0.25) is 0 Å². The largest absolute Gasteiger partial charge is 0.449 e. The first-order chi connectivity index (χ1) is 7.79. The highest BCUT2D eigenvalue weighted by Gasteiger charge is 2.26. The van der Waals surface area contributed by atoms with E-state index in [1.165, 1.54) is 0 Å². The minimum Gasteiger partial charge on any atom is -0.449 e. The predicted octanol–water partition coefficient (Wildman–Crippen LogP) is 1.25. The third-order valence-electron chi connectivity index (χ3n) is 2.65. The van der Waals surface area contributed by atoms with Crippen LogP contribution in [0.15, 0.2) is 30.3 Å². The molecule has 1 aromatic rings. The molecule has 4 nitrogen and oxygen atoms in total. The molecule has 0 aromatic heterocycles. The summed E-state index contributed by atoms with van der Waals surface area (Å²) >= 11 is 0. The summed E-state index contributed by atoms with van der Waals surface area (Å²) in [5.74, 6) is 0.0291. The maximum absolute atomic E-state index is 11.5. The lowest BCUT2D eigenvalue weighted by molar-refractivity contribution is 0.0221. The van der Waals surface area contributed by atoms with E-state index in [1.807, 2.05) is 30.3 Å². The van der Waals surface area contributed by atoms with Crippen LogP contribution in [-0.4, -0.2) is 35.9 Å². The van der Waals surface area contributed by atoms with Gasteiger partial charge < -0.3 is 14.7 Å². The van der Waals surface area contributed by atoms with Crippen LogP contribution in [0.1, 0.15) is 5.56 Å². The number of amides is 1. The van der Waals surface area contributed by atoms with E-state index in [0.29, 0.717) is 19.7 Å². The van der Waals surface area contributed by atoms with Gasteiger partial charge in [0.05, 0.1) is 13.2 Å². The monoisotopic (exact) mass is 221 g/mol. The molecule has 1 heterocycles. The number of hydrogen-bond donors (Lipinski definition) is 1. The van der Waals surface area contributed by atoms with E-state index in [-0.39, 0.29) is 18.6 Å². The highest BCUT2D eigenvalue weighted by Crippen LogP contribution is 2.14. The minimum absolute atomic E-state index is 0.0291. The lowest BCUT2D eigenvalue weighted by atomic mass is 10.1. The molecule has 0 bridgehead atoms. The van der Waals surface area contributed by atoms with Crippen molar-refractivity contribution in [3.05, 3.63) is 35.9 Å². The maximum atomic E-state index is 11.5. The number of ether oxygens (including phenoxy) is 1. The van der Waals surface area contributed by atoms with Gasteiger partial charge in [-0.2, -0.15) is 0 Å². The normalized spacial score (nSPS) is 20.7. The molecule has 0 radical (unpaired) electrons. The molecule has 1 N–H and O–H groups in total. The van der Waals surface area contributed by atoms with Crippen LogP contribution >= 0.6 is 0 Å². The minimum atomic E-state index is -0.298. The first-order valence-electron chi connectivity index (χ1n) is 5.36. The third-order valence-corrected chi connectivity index (χ3v) is 2.65. The Hall–Kier alpha value is -1.55. The number of nitrogens with zero attached hydrogens (tertiary/aromatic N) is 1. The highest BCUT2D eigenvalue weighted by molar-refractivity contribution is 5.68. The van der Waals surface area contributed by atoms with E-state index < -0.39 is 0 Å². The van der Waals surface area contributed by atoms with Crippen molar-refractivity contribution < 1.29 is 14.6 Å². The zero-order valence-electron chi connectivity index (χ0n) is 9.00.